The van der Waals surface area contributed by atoms with E-state index in [0.29, 0.717) is 0 Å². The smallest absolute Gasteiger partial charge is 0.0483 e. The molecule has 0 amide bonds. The number of unbranched alkanes of at least 4 members (excludes halogenated alkanes) is 1. The third-order valence-corrected chi connectivity index (χ3v) is 8.23. The molecule has 0 bridgehead atoms. The second-order valence-electron chi connectivity index (χ2n) is 11.1. The third-order valence-electron chi connectivity index (χ3n) is 8.23. The van der Waals surface area contributed by atoms with Crippen LogP contribution >= 0.6 is 0 Å². The predicted molar refractivity (Wildman–Crippen MR) is 178 cm³/mol. The van der Waals surface area contributed by atoms with Crippen LogP contribution in [0.2, 0.25) is 0 Å². The number of dihydropyridines is 1. The van der Waals surface area contributed by atoms with Gasteiger partial charge in [0.1, 0.15) is 0 Å². The molecule has 41 heavy (non-hydrogen) atoms. The van der Waals surface area contributed by atoms with Gasteiger partial charge in [0, 0.05) is 18.3 Å². The number of rotatable bonds is 7. The van der Waals surface area contributed by atoms with Crippen molar-refractivity contribution in [3.63, 3.8) is 0 Å². The first-order valence-electron chi connectivity index (χ1n) is 14.7. The highest BCUT2D eigenvalue weighted by Gasteiger charge is 2.17. The molecule has 0 fully saturated rings. The lowest BCUT2D eigenvalue weighted by Crippen LogP contribution is -2.14. The van der Waals surface area contributed by atoms with Crippen LogP contribution in [-0.4, -0.2) is 6.54 Å². The maximum Gasteiger partial charge on any atom is 0.0483 e. The molecule has 0 saturated heterocycles. The summed E-state index contributed by atoms with van der Waals surface area (Å²) in [5.41, 5.74) is 17.7. The monoisotopic (exact) mass is 534 g/mol. The number of nitrogens with two attached hydrogens (primary N) is 1. The van der Waals surface area contributed by atoms with Crippen LogP contribution in [-0.2, 0) is 0 Å². The van der Waals surface area contributed by atoms with Crippen LogP contribution < -0.4 is 11.1 Å². The molecular formula is C39H38N2. The van der Waals surface area contributed by atoms with Gasteiger partial charge in [-0.05, 0) is 92.4 Å². The summed E-state index contributed by atoms with van der Waals surface area (Å²) >= 11 is 0. The normalized spacial score (nSPS) is 14.2. The molecule has 6 rings (SSSR count). The fraction of sp³-hybridized carbons (Fsp3) is 0.179. The van der Waals surface area contributed by atoms with Crippen molar-refractivity contribution in [2.75, 3.05) is 6.54 Å². The minimum atomic E-state index is -0.0884. The summed E-state index contributed by atoms with van der Waals surface area (Å²) in [6, 6.07) is 33.5. The lowest BCUT2D eigenvalue weighted by atomic mass is 9.85. The molecule has 2 nitrogen and oxygen atoms in total. The zero-order valence-electron chi connectivity index (χ0n) is 24.2. The Kier molecular flexibility index (Phi) is 7.59. The number of allylic oxidation sites excluding steroid dienone is 4. The van der Waals surface area contributed by atoms with Gasteiger partial charge in [-0.1, -0.05) is 123 Å². The van der Waals surface area contributed by atoms with Gasteiger partial charge in [0.25, 0.3) is 0 Å². The lowest BCUT2D eigenvalue weighted by molar-refractivity contribution is 0.878. The van der Waals surface area contributed by atoms with E-state index in [1.165, 1.54) is 71.8 Å². The van der Waals surface area contributed by atoms with Gasteiger partial charge in [-0.25, -0.2) is 0 Å². The van der Waals surface area contributed by atoms with E-state index in [4.69, 9.17) is 5.73 Å². The Balaban J connectivity index is 1.50. The summed E-state index contributed by atoms with van der Waals surface area (Å²) < 4.78 is 0. The molecule has 0 saturated carbocycles. The Morgan fingerprint density at radius 2 is 1.32 bits per heavy atom. The highest BCUT2D eigenvalue weighted by Crippen LogP contribution is 2.44. The molecule has 0 radical (unpaired) electrons. The third kappa shape index (κ3) is 5.24. The first-order chi connectivity index (χ1) is 20.0. The average Bonchev–Trinajstić information content (AvgIpc) is 3.00. The number of aryl methyl sites for hydroxylation is 1. The van der Waals surface area contributed by atoms with Crippen LogP contribution in [0.4, 0.5) is 0 Å². The largest absolute Gasteiger partial charge is 0.385 e. The summed E-state index contributed by atoms with van der Waals surface area (Å²) in [6.45, 7) is 7.37. The van der Waals surface area contributed by atoms with Gasteiger partial charge in [0.2, 0.25) is 0 Å². The minimum Gasteiger partial charge on any atom is -0.385 e. The van der Waals surface area contributed by atoms with Gasteiger partial charge in [-0.15, -0.1) is 0 Å². The van der Waals surface area contributed by atoms with Crippen molar-refractivity contribution in [1.82, 2.24) is 5.32 Å². The molecule has 2 heteroatoms. The molecule has 3 N–H and O–H groups in total. The second-order valence-corrected chi connectivity index (χ2v) is 11.1. The Bertz CT molecular complexity index is 1760. The Labute approximate surface area is 243 Å². The van der Waals surface area contributed by atoms with E-state index in [-0.39, 0.29) is 6.04 Å². The van der Waals surface area contributed by atoms with E-state index in [2.05, 4.69) is 141 Å². The van der Waals surface area contributed by atoms with Crippen LogP contribution in [0.3, 0.4) is 0 Å². The summed E-state index contributed by atoms with van der Waals surface area (Å²) in [5, 5.41) is 8.45. The predicted octanol–water partition coefficient (Wildman–Crippen LogP) is 9.88. The lowest BCUT2D eigenvalue weighted by Gasteiger charge is -2.19. The zero-order valence-corrected chi connectivity index (χ0v) is 24.2. The van der Waals surface area contributed by atoms with E-state index < -0.39 is 0 Å². The van der Waals surface area contributed by atoms with Crippen molar-refractivity contribution < 1.29 is 0 Å². The Morgan fingerprint density at radius 3 is 1.88 bits per heavy atom. The number of fused-ring (bicyclic) bond motifs is 2. The Morgan fingerprint density at radius 1 is 0.756 bits per heavy atom. The van der Waals surface area contributed by atoms with Crippen LogP contribution in [0.5, 0.6) is 0 Å². The fourth-order valence-electron chi connectivity index (χ4n) is 6.16. The molecular weight excluding hydrogens is 496 g/mol. The van der Waals surface area contributed by atoms with E-state index in [9.17, 15) is 0 Å². The van der Waals surface area contributed by atoms with Crippen molar-refractivity contribution in [3.05, 3.63) is 138 Å². The number of benzene rings is 5. The van der Waals surface area contributed by atoms with E-state index in [1.807, 2.05) is 0 Å². The van der Waals surface area contributed by atoms with E-state index in [0.717, 1.165) is 19.4 Å². The van der Waals surface area contributed by atoms with Gasteiger partial charge < -0.3 is 11.1 Å². The van der Waals surface area contributed by atoms with Crippen molar-refractivity contribution in [1.29, 1.82) is 0 Å². The van der Waals surface area contributed by atoms with Gasteiger partial charge in [-0.2, -0.15) is 0 Å². The van der Waals surface area contributed by atoms with Gasteiger partial charge in [-0.3, -0.25) is 0 Å². The summed E-state index contributed by atoms with van der Waals surface area (Å²) in [6.07, 6.45) is 11.0. The molecule has 5 aromatic rings. The molecule has 0 aliphatic carbocycles. The van der Waals surface area contributed by atoms with Gasteiger partial charge in [0.15, 0.2) is 0 Å². The molecule has 1 aliphatic heterocycles. The summed E-state index contributed by atoms with van der Waals surface area (Å²) in [5.74, 6) is 0. The van der Waals surface area contributed by atoms with Crippen molar-refractivity contribution in [3.8, 4) is 22.3 Å². The van der Waals surface area contributed by atoms with E-state index >= 15 is 0 Å². The van der Waals surface area contributed by atoms with Crippen LogP contribution in [0, 0.1) is 6.92 Å². The first kappa shape index (κ1) is 26.8. The minimum absolute atomic E-state index is 0.0884. The topological polar surface area (TPSA) is 38.0 Å². The molecule has 0 spiro atoms. The highest BCUT2D eigenvalue weighted by atomic mass is 14.9. The number of nitrogens with one attached hydrogen (secondary N) is 1. The second kappa shape index (κ2) is 11.6. The van der Waals surface area contributed by atoms with Crippen LogP contribution in [0.1, 0.15) is 49.4 Å². The number of hydrogen-bond acceptors (Lipinski definition) is 2. The summed E-state index contributed by atoms with van der Waals surface area (Å²) in [7, 11) is 0. The van der Waals surface area contributed by atoms with Gasteiger partial charge >= 0.3 is 0 Å². The van der Waals surface area contributed by atoms with Gasteiger partial charge in [0.05, 0.1) is 0 Å². The molecule has 0 aromatic heterocycles. The molecule has 1 heterocycles. The molecule has 1 atom stereocenters. The average molecular weight is 535 g/mol. The molecule has 5 aromatic carbocycles. The SMILES string of the molecule is CCC/C=C\C(N)c1ccc(-c2c3ccccc3c(-c3ccc(C4=CCNC(C)=C4)cc3)c3ccccc23)cc1C. The highest BCUT2D eigenvalue weighted by molar-refractivity contribution is 6.21. The van der Waals surface area contributed by atoms with Crippen molar-refractivity contribution in [2.45, 2.75) is 39.7 Å². The molecule has 1 aliphatic rings. The van der Waals surface area contributed by atoms with Crippen LogP contribution in [0.15, 0.2) is 121 Å². The van der Waals surface area contributed by atoms with Crippen molar-refractivity contribution in [2.24, 2.45) is 5.73 Å². The fourth-order valence-corrected chi connectivity index (χ4v) is 6.16. The standard InChI is InChI=1S/C39H38N2/c1-4-5-6-15-37(40)32-21-20-31(24-26(32)2)39-35-13-9-7-11-33(35)38(34-12-8-10-14-36(34)39)29-18-16-28(17-19-29)30-22-23-41-27(3)25-30/h6-22,24-25,37,41H,4-5,23,40H2,1-3H3/b15-6-. The van der Waals surface area contributed by atoms with E-state index in [1.54, 1.807) is 0 Å². The number of hydrogen-bond donors (Lipinski definition) is 2. The Hall–Kier alpha value is -4.40. The maximum absolute atomic E-state index is 6.56. The van der Waals surface area contributed by atoms with Crippen LogP contribution in [0.25, 0.3) is 49.4 Å². The zero-order chi connectivity index (χ0) is 28.3. The van der Waals surface area contributed by atoms with Crippen molar-refractivity contribution >= 4 is 27.1 Å². The summed E-state index contributed by atoms with van der Waals surface area (Å²) in [4.78, 5) is 0. The quantitative estimate of drug-likeness (QED) is 0.161. The molecule has 1 unspecified atom stereocenters. The first-order valence-corrected chi connectivity index (χ1v) is 14.7. The maximum atomic E-state index is 6.56. The molecule has 204 valence electrons.